The molecule has 0 unspecified atom stereocenters. The summed E-state index contributed by atoms with van der Waals surface area (Å²) in [4.78, 5) is 34.0. The van der Waals surface area contributed by atoms with Crippen LogP contribution in [0.1, 0.15) is 27.3 Å². The molecule has 0 aliphatic rings. The van der Waals surface area contributed by atoms with Crippen LogP contribution in [0.2, 0.25) is 0 Å². The van der Waals surface area contributed by atoms with Crippen molar-refractivity contribution >= 4 is 23.9 Å². The van der Waals surface area contributed by atoms with E-state index in [1.807, 2.05) is 0 Å². The third-order valence-corrected chi connectivity index (χ3v) is 3.15. The number of carbonyl (C=O) groups excluding carboxylic acids is 3. The van der Waals surface area contributed by atoms with Crippen molar-refractivity contribution in [2.75, 3.05) is 12.4 Å². The molecule has 1 aromatic heterocycles. The highest BCUT2D eigenvalue weighted by Gasteiger charge is 2.07. The second kappa shape index (κ2) is 7.21. The molecule has 0 aliphatic heterocycles. The van der Waals surface area contributed by atoms with Crippen molar-refractivity contribution in [2.24, 2.45) is 0 Å². The Hall–Kier alpha value is -2.89. The summed E-state index contributed by atoms with van der Waals surface area (Å²) in [6, 6.07) is 9.88. The lowest BCUT2D eigenvalue weighted by atomic mass is 10.2. The number of hydrogen-bond acceptors (Lipinski definition) is 4. The minimum Gasteiger partial charge on any atom is -0.465 e. The number of aryl methyl sites for hydroxylation is 1. The number of benzene rings is 1. The van der Waals surface area contributed by atoms with E-state index < -0.39 is 5.97 Å². The molecule has 0 saturated carbocycles. The Kier molecular flexibility index (Phi) is 5.08. The molecule has 6 heteroatoms. The number of carbonyl (C=O) groups is 3. The van der Waals surface area contributed by atoms with Gasteiger partial charge in [0.2, 0.25) is 5.91 Å². The number of nitrogens with one attached hydrogen (secondary N) is 1. The molecule has 22 heavy (non-hydrogen) atoms. The average molecular weight is 300 g/mol. The quantitative estimate of drug-likeness (QED) is 0.655. The molecule has 114 valence electrons. The number of aldehydes is 1. The van der Waals surface area contributed by atoms with Crippen LogP contribution in [-0.2, 0) is 16.1 Å². The second-order valence-corrected chi connectivity index (χ2v) is 4.61. The first-order valence-electron chi connectivity index (χ1n) is 6.72. The van der Waals surface area contributed by atoms with Crippen LogP contribution in [0.15, 0.2) is 42.6 Å². The molecule has 0 radical (unpaired) electrons. The summed E-state index contributed by atoms with van der Waals surface area (Å²) >= 11 is 0. The molecule has 2 aromatic rings. The lowest BCUT2D eigenvalue weighted by Crippen LogP contribution is -2.15. The Bertz CT molecular complexity index is 674. The summed E-state index contributed by atoms with van der Waals surface area (Å²) in [6.07, 6.45) is 2.75. The van der Waals surface area contributed by atoms with Crippen molar-refractivity contribution in [3.05, 3.63) is 53.9 Å². The van der Waals surface area contributed by atoms with Crippen molar-refractivity contribution < 1.29 is 19.1 Å². The number of ether oxygens (including phenoxy) is 1. The molecule has 0 fully saturated rings. The van der Waals surface area contributed by atoms with Gasteiger partial charge in [-0.25, -0.2) is 4.79 Å². The van der Waals surface area contributed by atoms with Gasteiger partial charge in [0, 0.05) is 24.8 Å². The molecular weight excluding hydrogens is 284 g/mol. The van der Waals surface area contributed by atoms with E-state index in [-0.39, 0.29) is 12.3 Å². The van der Waals surface area contributed by atoms with Gasteiger partial charge in [-0.05, 0) is 36.4 Å². The average Bonchev–Trinajstić information content (AvgIpc) is 3.00. The van der Waals surface area contributed by atoms with Crippen LogP contribution in [0, 0.1) is 0 Å². The van der Waals surface area contributed by atoms with Gasteiger partial charge in [0.15, 0.2) is 6.29 Å². The summed E-state index contributed by atoms with van der Waals surface area (Å²) in [6.45, 7) is 0.424. The van der Waals surface area contributed by atoms with Crippen molar-refractivity contribution in [1.29, 1.82) is 0 Å². The Balaban J connectivity index is 1.89. The summed E-state index contributed by atoms with van der Waals surface area (Å²) < 4.78 is 6.32. The van der Waals surface area contributed by atoms with Crippen molar-refractivity contribution in [1.82, 2.24) is 4.57 Å². The highest BCUT2D eigenvalue weighted by atomic mass is 16.5. The lowest BCUT2D eigenvalue weighted by Gasteiger charge is -2.07. The first-order chi connectivity index (χ1) is 10.6. The van der Waals surface area contributed by atoms with Gasteiger partial charge in [0.1, 0.15) is 0 Å². The Labute approximate surface area is 127 Å². The number of hydrogen-bond donors (Lipinski definition) is 1. The minimum absolute atomic E-state index is 0.170. The molecule has 1 amide bonds. The zero-order valence-corrected chi connectivity index (χ0v) is 12.1. The van der Waals surface area contributed by atoms with Crippen molar-refractivity contribution in [2.45, 2.75) is 13.0 Å². The summed E-state index contributed by atoms with van der Waals surface area (Å²) in [5.74, 6) is -0.594. The van der Waals surface area contributed by atoms with Crippen LogP contribution in [0.25, 0.3) is 0 Å². The molecule has 0 bridgehead atoms. The van der Waals surface area contributed by atoms with E-state index in [2.05, 4.69) is 10.1 Å². The number of nitrogens with zero attached hydrogens (tertiary/aromatic N) is 1. The number of methoxy groups -OCH3 is 1. The fourth-order valence-corrected chi connectivity index (χ4v) is 1.99. The van der Waals surface area contributed by atoms with Gasteiger partial charge in [0.25, 0.3) is 0 Å². The number of rotatable bonds is 6. The maximum atomic E-state index is 11.9. The largest absolute Gasteiger partial charge is 0.465 e. The SMILES string of the molecule is COC(=O)c1ccc(NC(=O)CCn2cccc2C=O)cc1. The van der Waals surface area contributed by atoms with Crippen LogP contribution in [-0.4, -0.2) is 29.8 Å². The fourth-order valence-electron chi connectivity index (χ4n) is 1.99. The molecule has 1 N–H and O–H groups in total. The van der Waals surface area contributed by atoms with Crippen LogP contribution >= 0.6 is 0 Å². The first kappa shape index (κ1) is 15.5. The van der Waals surface area contributed by atoms with E-state index in [9.17, 15) is 14.4 Å². The van der Waals surface area contributed by atoms with Crippen molar-refractivity contribution in [3.63, 3.8) is 0 Å². The van der Waals surface area contributed by atoms with Gasteiger partial charge < -0.3 is 14.6 Å². The normalized spacial score (nSPS) is 10.0. The zero-order chi connectivity index (χ0) is 15.9. The predicted octanol–water partition coefficient (Wildman–Crippen LogP) is 2.12. The molecule has 6 nitrogen and oxygen atoms in total. The fraction of sp³-hybridized carbons (Fsp3) is 0.188. The molecular formula is C16H16N2O4. The van der Waals surface area contributed by atoms with Crippen molar-refractivity contribution in [3.8, 4) is 0 Å². The van der Waals surface area contributed by atoms with Gasteiger partial charge in [-0.1, -0.05) is 0 Å². The van der Waals surface area contributed by atoms with E-state index in [1.54, 1.807) is 47.2 Å². The smallest absolute Gasteiger partial charge is 0.337 e. The maximum Gasteiger partial charge on any atom is 0.337 e. The van der Waals surface area contributed by atoms with E-state index in [1.165, 1.54) is 7.11 Å². The Morgan fingerprint density at radius 2 is 1.95 bits per heavy atom. The van der Waals surface area contributed by atoms with Crippen LogP contribution in [0.3, 0.4) is 0 Å². The first-order valence-corrected chi connectivity index (χ1v) is 6.72. The molecule has 1 aromatic carbocycles. The second-order valence-electron chi connectivity index (χ2n) is 4.61. The van der Waals surface area contributed by atoms with Gasteiger partial charge in [-0.15, -0.1) is 0 Å². The van der Waals surface area contributed by atoms with E-state index >= 15 is 0 Å². The summed E-state index contributed by atoms with van der Waals surface area (Å²) in [7, 11) is 1.31. The van der Waals surface area contributed by atoms with Gasteiger partial charge in [-0.2, -0.15) is 0 Å². The highest BCUT2D eigenvalue weighted by molar-refractivity contribution is 5.93. The van der Waals surface area contributed by atoms with Gasteiger partial charge in [0.05, 0.1) is 18.4 Å². The monoisotopic (exact) mass is 300 g/mol. The molecule has 0 spiro atoms. The predicted molar refractivity (Wildman–Crippen MR) is 80.8 cm³/mol. The maximum absolute atomic E-state index is 11.9. The summed E-state index contributed by atoms with van der Waals surface area (Å²) in [5, 5.41) is 2.73. The third-order valence-electron chi connectivity index (χ3n) is 3.15. The molecule has 0 atom stereocenters. The number of anilines is 1. The van der Waals surface area contributed by atoms with Gasteiger partial charge >= 0.3 is 5.97 Å². The van der Waals surface area contributed by atoms with Gasteiger partial charge in [-0.3, -0.25) is 9.59 Å². The molecule has 1 heterocycles. The lowest BCUT2D eigenvalue weighted by molar-refractivity contribution is -0.116. The van der Waals surface area contributed by atoms with Crippen LogP contribution < -0.4 is 5.32 Å². The molecule has 0 saturated heterocycles. The van der Waals surface area contributed by atoms with E-state index in [0.29, 0.717) is 23.5 Å². The topological polar surface area (TPSA) is 77.4 Å². The zero-order valence-electron chi connectivity index (χ0n) is 12.1. The standard InChI is InChI=1S/C16H16N2O4/c1-22-16(21)12-4-6-13(7-5-12)17-15(20)8-10-18-9-2-3-14(18)11-19/h2-7,9,11H,8,10H2,1H3,(H,17,20). The Morgan fingerprint density at radius 3 is 2.59 bits per heavy atom. The minimum atomic E-state index is -0.424. The highest BCUT2D eigenvalue weighted by Crippen LogP contribution is 2.11. The van der Waals surface area contributed by atoms with E-state index in [4.69, 9.17) is 0 Å². The van der Waals surface area contributed by atoms with Crippen LogP contribution in [0.4, 0.5) is 5.69 Å². The number of aromatic nitrogens is 1. The molecule has 2 rings (SSSR count). The molecule has 0 aliphatic carbocycles. The summed E-state index contributed by atoms with van der Waals surface area (Å²) in [5.41, 5.74) is 1.56. The van der Waals surface area contributed by atoms with Crippen LogP contribution in [0.5, 0.6) is 0 Å². The number of esters is 1. The number of amides is 1. The Morgan fingerprint density at radius 1 is 1.23 bits per heavy atom. The van der Waals surface area contributed by atoms with E-state index in [0.717, 1.165) is 6.29 Å². The third kappa shape index (κ3) is 3.82.